The second-order valence-electron chi connectivity index (χ2n) is 4.46. The summed E-state index contributed by atoms with van der Waals surface area (Å²) in [4.78, 5) is 3.27. The first-order chi connectivity index (χ1) is 7.81. The molecule has 3 rings (SSSR count). The molecule has 0 fully saturated rings. The Labute approximate surface area is 107 Å². The van der Waals surface area contributed by atoms with Crippen LogP contribution in [0.15, 0.2) is 24.4 Å². The predicted octanol–water partition coefficient (Wildman–Crippen LogP) is 2.16. The Morgan fingerprint density at radius 1 is 1.41 bits per heavy atom. The number of hydrogen-bond donors (Lipinski definition) is 3. The van der Waals surface area contributed by atoms with E-state index in [0.717, 1.165) is 23.9 Å². The molecule has 2 aromatic rings. The zero-order valence-electron chi connectivity index (χ0n) is 9.73. The van der Waals surface area contributed by atoms with Crippen molar-refractivity contribution in [3.8, 4) is 0 Å². The van der Waals surface area contributed by atoms with Crippen LogP contribution in [0.4, 0.5) is 0 Å². The number of hydrogen-bond acceptors (Lipinski definition) is 2. The number of rotatable bonds is 1. The third kappa shape index (κ3) is 1.84. The molecule has 1 heterocycles. The number of halogens is 1. The highest BCUT2D eigenvalue weighted by Gasteiger charge is 2.25. The number of aliphatic hydroxyl groups is 1. The van der Waals surface area contributed by atoms with Crippen LogP contribution in [-0.2, 0) is 6.42 Å². The Bertz CT molecular complexity index is 523. The first-order valence-corrected chi connectivity index (χ1v) is 5.75. The van der Waals surface area contributed by atoms with Gasteiger partial charge in [-0.05, 0) is 37.1 Å². The molecule has 0 radical (unpaired) electrons. The molecule has 0 spiro atoms. The number of aromatic amines is 1. The van der Waals surface area contributed by atoms with Crippen LogP contribution >= 0.6 is 12.4 Å². The number of aryl methyl sites for hydroxylation is 1. The van der Waals surface area contributed by atoms with Gasteiger partial charge in [-0.15, -0.1) is 12.4 Å². The van der Waals surface area contributed by atoms with Gasteiger partial charge >= 0.3 is 0 Å². The van der Waals surface area contributed by atoms with Crippen molar-refractivity contribution in [1.82, 2.24) is 10.3 Å². The van der Waals surface area contributed by atoms with E-state index in [-0.39, 0.29) is 18.4 Å². The minimum Gasteiger partial charge on any atom is -0.387 e. The average Bonchev–Trinajstić information content (AvgIpc) is 2.66. The topological polar surface area (TPSA) is 48.0 Å². The van der Waals surface area contributed by atoms with E-state index in [1.807, 2.05) is 19.2 Å². The van der Waals surface area contributed by atoms with Crippen molar-refractivity contribution in [1.29, 1.82) is 0 Å². The maximum absolute atomic E-state index is 10.4. The fourth-order valence-electron chi connectivity index (χ4n) is 2.72. The second-order valence-corrected chi connectivity index (χ2v) is 4.46. The van der Waals surface area contributed by atoms with Gasteiger partial charge in [0.2, 0.25) is 0 Å². The zero-order chi connectivity index (χ0) is 11.1. The Hall–Kier alpha value is -1.03. The standard InChI is InChI=1S/C13H16N2O.ClH/c1-14-11-6-5-8-7-15-10-4-2-3-9(12(8)10)13(11)16;/h2-4,7,11,13-16H,5-6H2,1H3;1H/t11-,13-;/m0./s1. The zero-order valence-corrected chi connectivity index (χ0v) is 10.6. The SMILES string of the molecule is CN[C@H]1CCc2c[nH]c3cccc(c23)[C@@H]1O.Cl. The first kappa shape index (κ1) is 12.4. The Morgan fingerprint density at radius 3 is 3.00 bits per heavy atom. The van der Waals surface area contributed by atoms with Crippen LogP contribution in [0.5, 0.6) is 0 Å². The van der Waals surface area contributed by atoms with Gasteiger partial charge in [-0.3, -0.25) is 0 Å². The van der Waals surface area contributed by atoms with E-state index in [0.29, 0.717) is 0 Å². The number of benzene rings is 1. The number of likely N-dealkylation sites (N-methyl/N-ethyl adjacent to an activating group) is 1. The molecule has 0 saturated carbocycles. The molecule has 17 heavy (non-hydrogen) atoms. The predicted molar refractivity (Wildman–Crippen MR) is 71.7 cm³/mol. The molecule has 1 aliphatic carbocycles. The van der Waals surface area contributed by atoms with Gasteiger partial charge in [0.25, 0.3) is 0 Å². The lowest BCUT2D eigenvalue weighted by Crippen LogP contribution is -2.31. The summed E-state index contributed by atoms with van der Waals surface area (Å²) in [6.45, 7) is 0. The molecule has 3 N–H and O–H groups in total. The number of nitrogens with one attached hydrogen (secondary N) is 2. The third-order valence-electron chi connectivity index (χ3n) is 3.61. The lowest BCUT2D eigenvalue weighted by atomic mass is 10.00. The van der Waals surface area contributed by atoms with Gasteiger partial charge in [-0.1, -0.05) is 12.1 Å². The first-order valence-electron chi connectivity index (χ1n) is 5.75. The monoisotopic (exact) mass is 252 g/mol. The molecule has 0 aliphatic heterocycles. The van der Waals surface area contributed by atoms with Crippen LogP contribution < -0.4 is 5.32 Å². The quantitative estimate of drug-likeness (QED) is 0.729. The molecule has 1 aromatic carbocycles. The van der Waals surface area contributed by atoms with E-state index in [2.05, 4.69) is 22.6 Å². The van der Waals surface area contributed by atoms with Gasteiger partial charge in [-0.25, -0.2) is 0 Å². The maximum Gasteiger partial charge on any atom is 0.0949 e. The fraction of sp³-hybridized carbons (Fsp3) is 0.385. The Kier molecular flexibility index (Phi) is 3.43. The van der Waals surface area contributed by atoms with Crippen molar-refractivity contribution in [2.75, 3.05) is 7.05 Å². The van der Waals surface area contributed by atoms with Crippen molar-refractivity contribution in [3.63, 3.8) is 0 Å². The van der Waals surface area contributed by atoms with Crippen molar-refractivity contribution < 1.29 is 5.11 Å². The summed E-state index contributed by atoms with van der Waals surface area (Å²) >= 11 is 0. The Balaban J connectivity index is 0.00000108. The van der Waals surface area contributed by atoms with Gasteiger partial charge in [0, 0.05) is 23.1 Å². The maximum atomic E-state index is 10.4. The summed E-state index contributed by atoms with van der Waals surface area (Å²) in [6, 6.07) is 6.24. The summed E-state index contributed by atoms with van der Waals surface area (Å²) in [6.07, 6.45) is 3.64. The highest BCUT2D eigenvalue weighted by atomic mass is 35.5. The minimum absolute atomic E-state index is 0. The van der Waals surface area contributed by atoms with Crippen molar-refractivity contribution in [3.05, 3.63) is 35.5 Å². The molecule has 92 valence electrons. The molecular weight excluding hydrogens is 236 g/mol. The highest BCUT2D eigenvalue weighted by molar-refractivity contribution is 5.87. The van der Waals surface area contributed by atoms with Gasteiger partial charge in [0.1, 0.15) is 0 Å². The summed E-state index contributed by atoms with van der Waals surface area (Å²) in [5.74, 6) is 0. The summed E-state index contributed by atoms with van der Waals surface area (Å²) in [7, 11) is 1.91. The van der Waals surface area contributed by atoms with E-state index in [4.69, 9.17) is 0 Å². The normalized spacial score (nSPS) is 23.2. The fourth-order valence-corrected chi connectivity index (χ4v) is 2.72. The van der Waals surface area contributed by atoms with Gasteiger partial charge in [-0.2, -0.15) is 0 Å². The molecule has 1 aliphatic rings. The van der Waals surface area contributed by atoms with Crippen LogP contribution in [0, 0.1) is 0 Å². The van der Waals surface area contributed by atoms with Crippen LogP contribution in [0.1, 0.15) is 23.7 Å². The van der Waals surface area contributed by atoms with Gasteiger partial charge in [0.05, 0.1) is 6.10 Å². The van der Waals surface area contributed by atoms with Crippen LogP contribution in [-0.4, -0.2) is 23.2 Å². The molecule has 1 aromatic heterocycles. The number of aliphatic hydroxyl groups excluding tert-OH is 1. The molecule has 3 nitrogen and oxygen atoms in total. The molecule has 4 heteroatoms. The van der Waals surface area contributed by atoms with Crippen LogP contribution in [0.25, 0.3) is 10.9 Å². The van der Waals surface area contributed by atoms with E-state index in [1.54, 1.807) is 0 Å². The van der Waals surface area contributed by atoms with Gasteiger partial charge < -0.3 is 15.4 Å². The van der Waals surface area contributed by atoms with Crippen LogP contribution in [0.2, 0.25) is 0 Å². The molecule has 2 atom stereocenters. The second kappa shape index (κ2) is 4.69. The molecule has 0 unspecified atom stereocenters. The van der Waals surface area contributed by atoms with E-state index in [9.17, 15) is 5.11 Å². The molecular formula is C13H17ClN2O. The molecule has 0 amide bonds. The van der Waals surface area contributed by atoms with Gasteiger partial charge in [0.15, 0.2) is 0 Å². The lowest BCUT2D eigenvalue weighted by molar-refractivity contribution is 0.131. The molecule has 0 saturated heterocycles. The summed E-state index contributed by atoms with van der Waals surface area (Å²) < 4.78 is 0. The lowest BCUT2D eigenvalue weighted by Gasteiger charge is -2.20. The number of aromatic nitrogens is 1. The third-order valence-corrected chi connectivity index (χ3v) is 3.61. The van der Waals surface area contributed by atoms with E-state index < -0.39 is 6.10 Å². The van der Waals surface area contributed by atoms with Crippen molar-refractivity contribution >= 4 is 23.3 Å². The Morgan fingerprint density at radius 2 is 2.24 bits per heavy atom. The average molecular weight is 253 g/mol. The van der Waals surface area contributed by atoms with Crippen LogP contribution in [0.3, 0.4) is 0 Å². The summed E-state index contributed by atoms with van der Waals surface area (Å²) in [5.41, 5.74) is 3.50. The number of H-pyrrole nitrogens is 1. The summed E-state index contributed by atoms with van der Waals surface area (Å²) in [5, 5.41) is 14.8. The van der Waals surface area contributed by atoms with E-state index >= 15 is 0 Å². The van der Waals surface area contributed by atoms with E-state index in [1.165, 1.54) is 10.9 Å². The van der Waals surface area contributed by atoms with Crippen molar-refractivity contribution in [2.24, 2.45) is 0 Å². The molecule has 0 bridgehead atoms. The highest BCUT2D eigenvalue weighted by Crippen LogP contribution is 2.33. The minimum atomic E-state index is -0.411. The smallest absolute Gasteiger partial charge is 0.0949 e. The largest absolute Gasteiger partial charge is 0.387 e. The van der Waals surface area contributed by atoms with Crippen molar-refractivity contribution in [2.45, 2.75) is 25.0 Å².